The van der Waals surface area contributed by atoms with Crippen LogP contribution in [0.2, 0.25) is 0 Å². The van der Waals surface area contributed by atoms with Crippen LogP contribution in [-0.4, -0.2) is 33.9 Å². The Hall–Kier alpha value is -1.10. The van der Waals surface area contributed by atoms with Crippen LogP contribution in [0.15, 0.2) is 0 Å². The Morgan fingerprint density at radius 3 is 2.23 bits per heavy atom. The largest absolute Gasteiger partial charge is 0.481 e. The van der Waals surface area contributed by atoms with Crippen molar-refractivity contribution in [3.05, 3.63) is 0 Å². The maximum atomic E-state index is 12.8. The average molecular weight is 310 g/mol. The second kappa shape index (κ2) is 5.22. The van der Waals surface area contributed by atoms with Gasteiger partial charge in [0.25, 0.3) is 0 Å². The molecule has 4 bridgehead atoms. The van der Waals surface area contributed by atoms with Crippen molar-refractivity contribution in [1.29, 1.82) is 0 Å². The van der Waals surface area contributed by atoms with E-state index >= 15 is 0 Å². The summed E-state index contributed by atoms with van der Waals surface area (Å²) < 4.78 is 5.62. The van der Waals surface area contributed by atoms with E-state index in [1.54, 1.807) is 0 Å². The van der Waals surface area contributed by atoms with E-state index in [1.807, 2.05) is 13.8 Å². The Morgan fingerprint density at radius 1 is 1.18 bits per heavy atom. The second-order valence-electron chi connectivity index (χ2n) is 8.25. The van der Waals surface area contributed by atoms with E-state index in [-0.39, 0.29) is 18.3 Å². The third-order valence-corrected chi connectivity index (χ3v) is 5.84. The fraction of sp³-hybridized carbons (Fsp3) is 0.882. The zero-order valence-corrected chi connectivity index (χ0v) is 13.4. The molecule has 0 spiro atoms. The molecule has 4 fully saturated rings. The highest BCUT2D eigenvalue weighted by atomic mass is 16.5. The molecular formula is C17H26O5. The molecule has 2 N–H and O–H groups in total. The maximum absolute atomic E-state index is 12.8. The minimum atomic E-state index is -0.948. The van der Waals surface area contributed by atoms with Crippen molar-refractivity contribution in [3.63, 3.8) is 0 Å². The van der Waals surface area contributed by atoms with Crippen molar-refractivity contribution in [1.82, 2.24) is 0 Å². The first-order chi connectivity index (χ1) is 10.2. The van der Waals surface area contributed by atoms with Gasteiger partial charge in [-0.15, -0.1) is 0 Å². The number of hydrogen-bond donors (Lipinski definition) is 2. The van der Waals surface area contributed by atoms with Crippen molar-refractivity contribution < 1.29 is 24.5 Å². The van der Waals surface area contributed by atoms with Crippen LogP contribution in [0.3, 0.4) is 0 Å². The number of ether oxygens (including phenoxy) is 1. The van der Waals surface area contributed by atoms with Crippen LogP contribution in [-0.2, 0) is 14.3 Å². The molecule has 5 heteroatoms. The minimum Gasteiger partial charge on any atom is -0.481 e. The highest BCUT2D eigenvalue weighted by molar-refractivity contribution is 5.78. The molecule has 124 valence electrons. The predicted molar refractivity (Wildman–Crippen MR) is 79.0 cm³/mol. The zero-order chi connectivity index (χ0) is 16.1. The summed E-state index contributed by atoms with van der Waals surface area (Å²) >= 11 is 0. The van der Waals surface area contributed by atoms with Gasteiger partial charge in [0.15, 0.2) is 0 Å². The van der Waals surface area contributed by atoms with E-state index in [2.05, 4.69) is 0 Å². The Bertz CT molecular complexity index is 469. The molecule has 0 heterocycles. The molecule has 4 rings (SSSR count). The van der Waals surface area contributed by atoms with E-state index < -0.39 is 23.1 Å². The highest BCUT2D eigenvalue weighted by Crippen LogP contribution is 2.62. The van der Waals surface area contributed by atoms with Gasteiger partial charge in [-0.25, -0.2) is 0 Å². The van der Waals surface area contributed by atoms with Crippen LogP contribution in [0.5, 0.6) is 0 Å². The molecule has 5 nitrogen and oxygen atoms in total. The lowest BCUT2D eigenvalue weighted by molar-refractivity contribution is -0.202. The summed E-state index contributed by atoms with van der Waals surface area (Å²) in [7, 11) is 0. The first kappa shape index (κ1) is 15.8. The number of hydrogen-bond acceptors (Lipinski definition) is 4. The predicted octanol–water partition coefficient (Wildman–Crippen LogP) is 2.36. The van der Waals surface area contributed by atoms with Crippen molar-refractivity contribution >= 4 is 11.9 Å². The summed E-state index contributed by atoms with van der Waals surface area (Å²) in [6.07, 6.45) is 4.06. The van der Waals surface area contributed by atoms with Crippen molar-refractivity contribution in [2.45, 2.75) is 70.5 Å². The van der Waals surface area contributed by atoms with Crippen LogP contribution >= 0.6 is 0 Å². The van der Waals surface area contributed by atoms with Gasteiger partial charge in [0.1, 0.15) is 6.10 Å². The van der Waals surface area contributed by atoms with Gasteiger partial charge in [-0.1, -0.05) is 13.8 Å². The lowest BCUT2D eigenvalue weighted by Crippen LogP contribution is -2.58. The first-order valence-corrected chi connectivity index (χ1v) is 8.37. The summed E-state index contributed by atoms with van der Waals surface area (Å²) in [6.45, 7) is 3.74. The Labute approximate surface area is 131 Å². The van der Waals surface area contributed by atoms with E-state index in [1.165, 1.54) is 0 Å². The van der Waals surface area contributed by atoms with Crippen LogP contribution in [0.1, 0.15) is 58.8 Å². The molecule has 0 aromatic rings. The van der Waals surface area contributed by atoms with Crippen LogP contribution in [0, 0.1) is 23.2 Å². The molecule has 0 aromatic heterocycles. The molecule has 3 atom stereocenters. The van der Waals surface area contributed by atoms with Gasteiger partial charge in [-0.2, -0.15) is 0 Å². The van der Waals surface area contributed by atoms with Gasteiger partial charge in [0.05, 0.1) is 17.4 Å². The normalized spacial score (nSPS) is 40.7. The number of aliphatic hydroxyl groups is 1. The quantitative estimate of drug-likeness (QED) is 0.762. The summed E-state index contributed by atoms with van der Waals surface area (Å²) in [4.78, 5) is 23.8. The van der Waals surface area contributed by atoms with Crippen molar-refractivity contribution in [2.75, 3.05) is 0 Å². The number of carbonyl (C=O) groups is 2. The summed E-state index contributed by atoms with van der Waals surface area (Å²) in [5.74, 6) is -0.431. The lowest BCUT2D eigenvalue weighted by Gasteiger charge is -2.58. The van der Waals surface area contributed by atoms with E-state index in [0.717, 1.165) is 32.1 Å². The average Bonchev–Trinajstić information content (AvgIpc) is 2.33. The number of carboxylic acids is 1. The molecule has 3 unspecified atom stereocenters. The molecular weight excluding hydrogens is 284 g/mol. The van der Waals surface area contributed by atoms with Crippen LogP contribution in [0.4, 0.5) is 0 Å². The third kappa shape index (κ3) is 2.75. The Morgan fingerprint density at radius 2 is 1.77 bits per heavy atom. The van der Waals surface area contributed by atoms with Crippen LogP contribution < -0.4 is 0 Å². The lowest BCUT2D eigenvalue weighted by atomic mass is 9.48. The standard InChI is InChI=1S/C17H26O5/c1-10(2)13(4-14(18)19)22-15(20)16-5-11-3-12(6-16)8-17(21,7-11)9-16/h10-13,21H,3-9H2,1-2H3,(H,18,19). The Kier molecular flexibility index (Phi) is 3.75. The fourth-order valence-electron chi connectivity index (χ4n) is 5.30. The van der Waals surface area contributed by atoms with E-state index in [0.29, 0.717) is 18.3 Å². The number of rotatable bonds is 5. The van der Waals surface area contributed by atoms with E-state index in [4.69, 9.17) is 9.84 Å². The smallest absolute Gasteiger partial charge is 0.312 e. The number of aliphatic carboxylic acids is 1. The third-order valence-electron chi connectivity index (χ3n) is 5.84. The second-order valence-corrected chi connectivity index (χ2v) is 8.25. The van der Waals surface area contributed by atoms with Gasteiger partial charge in [0.2, 0.25) is 0 Å². The molecule has 0 aliphatic heterocycles. The van der Waals surface area contributed by atoms with Gasteiger partial charge in [-0.05, 0) is 56.3 Å². The number of esters is 1. The number of carboxylic acid groups (broad SMARTS) is 1. The molecule has 4 aliphatic rings. The van der Waals surface area contributed by atoms with Gasteiger partial charge in [-0.3, -0.25) is 9.59 Å². The molecule has 0 aromatic carbocycles. The van der Waals surface area contributed by atoms with Crippen LogP contribution in [0.25, 0.3) is 0 Å². The zero-order valence-electron chi connectivity index (χ0n) is 13.4. The van der Waals surface area contributed by atoms with E-state index in [9.17, 15) is 14.7 Å². The molecule has 0 radical (unpaired) electrons. The summed E-state index contributed by atoms with van der Waals surface area (Å²) in [5, 5.41) is 19.7. The summed E-state index contributed by atoms with van der Waals surface area (Å²) in [6, 6.07) is 0. The van der Waals surface area contributed by atoms with Crippen molar-refractivity contribution in [2.24, 2.45) is 23.2 Å². The minimum absolute atomic E-state index is 0.0305. The van der Waals surface area contributed by atoms with Gasteiger partial charge >= 0.3 is 11.9 Å². The topological polar surface area (TPSA) is 83.8 Å². The van der Waals surface area contributed by atoms with Crippen molar-refractivity contribution in [3.8, 4) is 0 Å². The molecule has 0 saturated heterocycles. The first-order valence-electron chi connectivity index (χ1n) is 8.37. The SMILES string of the molecule is CC(C)C(CC(=O)O)OC(=O)C12CC3CC(CC(O)(C3)C1)C2. The van der Waals surface area contributed by atoms with Gasteiger partial charge < -0.3 is 14.9 Å². The highest BCUT2D eigenvalue weighted by Gasteiger charge is 2.61. The fourth-order valence-corrected chi connectivity index (χ4v) is 5.30. The summed E-state index contributed by atoms with van der Waals surface area (Å²) in [5.41, 5.74) is -1.28. The molecule has 22 heavy (non-hydrogen) atoms. The number of carbonyl (C=O) groups excluding carboxylic acids is 1. The monoisotopic (exact) mass is 310 g/mol. The molecule has 0 amide bonds. The maximum Gasteiger partial charge on any atom is 0.312 e. The Balaban J connectivity index is 1.75. The molecule has 4 aliphatic carbocycles. The van der Waals surface area contributed by atoms with Gasteiger partial charge in [0, 0.05) is 0 Å². The molecule has 4 saturated carbocycles.